The van der Waals surface area contributed by atoms with Gasteiger partial charge >= 0.3 is 6.01 Å². The maximum absolute atomic E-state index is 5.73. The van der Waals surface area contributed by atoms with Gasteiger partial charge in [0.2, 0.25) is 0 Å². The van der Waals surface area contributed by atoms with Crippen LogP contribution in [0.2, 0.25) is 0 Å². The van der Waals surface area contributed by atoms with Crippen molar-refractivity contribution in [2.75, 3.05) is 6.54 Å². The minimum Gasteiger partial charge on any atom is -0.468 e. The Hall–Kier alpha value is -2.66. The Morgan fingerprint density at radius 2 is 1.92 bits per heavy atom. The summed E-state index contributed by atoms with van der Waals surface area (Å²) in [4.78, 5) is 10.6. The molecular formula is C20H23N3O2. The number of rotatable bonds is 9. The molecule has 1 aromatic carbocycles. The normalized spacial score (nSPS) is 11.0. The van der Waals surface area contributed by atoms with Gasteiger partial charge in [-0.3, -0.25) is 4.90 Å². The molecule has 0 saturated heterocycles. The van der Waals surface area contributed by atoms with Crippen molar-refractivity contribution in [1.82, 2.24) is 14.9 Å². The molecule has 3 rings (SSSR count). The van der Waals surface area contributed by atoms with Gasteiger partial charge in [-0.05, 0) is 48.9 Å². The number of aromatic nitrogens is 2. The molecular weight excluding hydrogens is 314 g/mol. The van der Waals surface area contributed by atoms with Crippen molar-refractivity contribution in [3.8, 4) is 11.8 Å². The Bertz CT molecular complexity index is 745. The number of ether oxygens (including phenoxy) is 1. The van der Waals surface area contributed by atoms with Crippen LogP contribution in [0.1, 0.15) is 31.1 Å². The lowest BCUT2D eigenvalue weighted by atomic mass is 10.2. The largest absolute Gasteiger partial charge is 0.468 e. The molecule has 0 saturated carbocycles. The van der Waals surface area contributed by atoms with Gasteiger partial charge in [0.15, 0.2) is 0 Å². The summed E-state index contributed by atoms with van der Waals surface area (Å²) in [5.74, 6) is 1.73. The molecule has 0 aliphatic rings. The van der Waals surface area contributed by atoms with E-state index >= 15 is 0 Å². The van der Waals surface area contributed by atoms with E-state index in [0.29, 0.717) is 6.01 Å². The van der Waals surface area contributed by atoms with E-state index in [2.05, 4.69) is 27.9 Å². The lowest BCUT2D eigenvalue weighted by Crippen LogP contribution is -2.23. The van der Waals surface area contributed by atoms with Gasteiger partial charge in [-0.1, -0.05) is 25.5 Å². The number of benzene rings is 1. The van der Waals surface area contributed by atoms with Gasteiger partial charge in [0.25, 0.3) is 0 Å². The molecule has 0 amide bonds. The van der Waals surface area contributed by atoms with Crippen LogP contribution in [0, 0.1) is 0 Å². The summed E-state index contributed by atoms with van der Waals surface area (Å²) in [5.41, 5.74) is 1.19. The number of hydrogen-bond donors (Lipinski definition) is 0. The maximum Gasteiger partial charge on any atom is 0.321 e. The minimum absolute atomic E-state index is 0.359. The Labute approximate surface area is 148 Å². The van der Waals surface area contributed by atoms with Crippen LogP contribution >= 0.6 is 0 Å². The Morgan fingerprint density at radius 1 is 1.04 bits per heavy atom. The highest BCUT2D eigenvalue weighted by Gasteiger charge is 2.09. The van der Waals surface area contributed by atoms with Gasteiger partial charge in [-0.25, -0.2) is 9.97 Å². The fraction of sp³-hybridized carbons (Fsp3) is 0.300. The predicted octanol–water partition coefficient (Wildman–Crippen LogP) is 4.66. The predicted molar refractivity (Wildman–Crippen MR) is 96.3 cm³/mol. The van der Waals surface area contributed by atoms with Crippen LogP contribution < -0.4 is 4.74 Å². The molecule has 0 aliphatic carbocycles. The standard InChI is InChI=1S/C20H23N3O2/c1-2-3-12-23(16-19-9-5-13-24-19)15-17-7-4-8-18(14-17)25-20-21-10-6-11-22-20/h4-11,13-14H,2-3,12,15-16H2,1H3. The van der Waals surface area contributed by atoms with Crippen molar-refractivity contribution < 1.29 is 9.15 Å². The zero-order chi connectivity index (χ0) is 17.3. The highest BCUT2D eigenvalue weighted by atomic mass is 16.5. The molecule has 5 heteroatoms. The van der Waals surface area contributed by atoms with E-state index in [9.17, 15) is 0 Å². The zero-order valence-corrected chi connectivity index (χ0v) is 14.5. The van der Waals surface area contributed by atoms with Crippen LogP contribution in [-0.2, 0) is 13.1 Å². The van der Waals surface area contributed by atoms with Crippen molar-refractivity contribution in [2.45, 2.75) is 32.9 Å². The van der Waals surface area contributed by atoms with E-state index in [1.807, 2.05) is 30.3 Å². The second kappa shape index (κ2) is 8.99. The van der Waals surface area contributed by atoms with E-state index < -0.39 is 0 Å². The van der Waals surface area contributed by atoms with Crippen molar-refractivity contribution in [3.05, 3.63) is 72.4 Å². The van der Waals surface area contributed by atoms with Crippen molar-refractivity contribution in [2.24, 2.45) is 0 Å². The van der Waals surface area contributed by atoms with Crippen molar-refractivity contribution >= 4 is 0 Å². The maximum atomic E-state index is 5.73. The summed E-state index contributed by atoms with van der Waals surface area (Å²) in [5, 5.41) is 0. The molecule has 130 valence electrons. The first-order valence-electron chi connectivity index (χ1n) is 8.62. The molecule has 0 N–H and O–H groups in total. The van der Waals surface area contributed by atoms with Crippen LogP contribution in [0.4, 0.5) is 0 Å². The minimum atomic E-state index is 0.359. The lowest BCUT2D eigenvalue weighted by Gasteiger charge is -2.21. The topological polar surface area (TPSA) is 51.4 Å². The Kier molecular flexibility index (Phi) is 6.17. The fourth-order valence-electron chi connectivity index (χ4n) is 2.63. The summed E-state index contributed by atoms with van der Waals surface area (Å²) < 4.78 is 11.2. The molecule has 0 spiro atoms. The van der Waals surface area contributed by atoms with E-state index in [1.54, 1.807) is 24.7 Å². The zero-order valence-electron chi connectivity index (χ0n) is 14.5. The average Bonchev–Trinajstić information content (AvgIpc) is 3.14. The molecule has 3 aromatic rings. The SMILES string of the molecule is CCCCN(Cc1cccc(Oc2ncccn2)c1)Cc1ccco1. The molecule has 2 heterocycles. The summed E-state index contributed by atoms with van der Waals surface area (Å²) in [7, 11) is 0. The summed E-state index contributed by atoms with van der Waals surface area (Å²) in [6, 6.07) is 14.1. The molecule has 0 radical (unpaired) electrons. The van der Waals surface area contributed by atoms with Crippen LogP contribution in [-0.4, -0.2) is 21.4 Å². The van der Waals surface area contributed by atoms with Crippen LogP contribution in [0.5, 0.6) is 11.8 Å². The Balaban J connectivity index is 1.67. The summed E-state index contributed by atoms with van der Waals surface area (Å²) in [6.07, 6.45) is 7.39. The summed E-state index contributed by atoms with van der Waals surface area (Å²) in [6.45, 7) is 4.89. The molecule has 0 bridgehead atoms. The van der Waals surface area contributed by atoms with E-state index in [4.69, 9.17) is 9.15 Å². The van der Waals surface area contributed by atoms with Crippen LogP contribution in [0.3, 0.4) is 0 Å². The third kappa shape index (κ3) is 5.43. The number of unbranched alkanes of at least 4 members (excludes halogenated alkanes) is 1. The molecule has 0 atom stereocenters. The van der Waals surface area contributed by atoms with Crippen molar-refractivity contribution in [3.63, 3.8) is 0 Å². The van der Waals surface area contributed by atoms with Gasteiger partial charge in [0.05, 0.1) is 12.8 Å². The molecule has 0 aliphatic heterocycles. The smallest absolute Gasteiger partial charge is 0.321 e. The van der Waals surface area contributed by atoms with Crippen LogP contribution in [0.15, 0.2) is 65.5 Å². The Morgan fingerprint density at radius 3 is 2.68 bits per heavy atom. The van der Waals surface area contributed by atoms with E-state index in [-0.39, 0.29) is 0 Å². The van der Waals surface area contributed by atoms with Gasteiger partial charge in [0, 0.05) is 18.9 Å². The van der Waals surface area contributed by atoms with Gasteiger partial charge in [-0.2, -0.15) is 0 Å². The highest BCUT2D eigenvalue weighted by Crippen LogP contribution is 2.20. The summed E-state index contributed by atoms with van der Waals surface area (Å²) >= 11 is 0. The average molecular weight is 337 g/mol. The highest BCUT2D eigenvalue weighted by molar-refractivity contribution is 5.30. The number of nitrogens with zero attached hydrogens (tertiary/aromatic N) is 3. The number of hydrogen-bond acceptors (Lipinski definition) is 5. The number of furan rings is 1. The van der Waals surface area contributed by atoms with Gasteiger partial charge in [-0.15, -0.1) is 0 Å². The molecule has 0 fully saturated rings. The monoisotopic (exact) mass is 337 g/mol. The molecule has 25 heavy (non-hydrogen) atoms. The van der Waals surface area contributed by atoms with Crippen molar-refractivity contribution in [1.29, 1.82) is 0 Å². The lowest BCUT2D eigenvalue weighted by molar-refractivity contribution is 0.232. The molecule has 0 unspecified atom stereocenters. The second-order valence-electron chi connectivity index (χ2n) is 5.92. The first kappa shape index (κ1) is 17.2. The fourth-order valence-corrected chi connectivity index (χ4v) is 2.63. The first-order chi connectivity index (χ1) is 12.3. The second-order valence-corrected chi connectivity index (χ2v) is 5.92. The quantitative estimate of drug-likeness (QED) is 0.568. The molecule has 5 nitrogen and oxygen atoms in total. The van der Waals surface area contributed by atoms with Crippen LogP contribution in [0.25, 0.3) is 0 Å². The third-order valence-corrected chi connectivity index (χ3v) is 3.84. The van der Waals surface area contributed by atoms with Gasteiger partial charge < -0.3 is 9.15 Å². The van der Waals surface area contributed by atoms with E-state index in [0.717, 1.165) is 37.6 Å². The van der Waals surface area contributed by atoms with E-state index in [1.165, 1.54) is 12.0 Å². The third-order valence-electron chi connectivity index (χ3n) is 3.84. The van der Waals surface area contributed by atoms with Gasteiger partial charge in [0.1, 0.15) is 11.5 Å². The first-order valence-corrected chi connectivity index (χ1v) is 8.62. The molecule has 2 aromatic heterocycles.